The van der Waals surface area contributed by atoms with E-state index in [9.17, 15) is 37.5 Å². The third kappa shape index (κ3) is 10.8. The number of anilines is 3. The number of benzene rings is 2. The van der Waals surface area contributed by atoms with Crippen molar-refractivity contribution in [2.45, 2.75) is 56.4 Å². The number of rotatable bonds is 17. The van der Waals surface area contributed by atoms with Crippen LogP contribution in [0.4, 0.5) is 30.8 Å². The number of nitrogens with one attached hydrogen (secondary N) is 5. The molecule has 290 valence electrons. The molecule has 0 unspecified atom stereocenters. The maximum atomic E-state index is 12.9. The summed E-state index contributed by atoms with van der Waals surface area (Å²) in [6, 6.07) is 10.8. The van der Waals surface area contributed by atoms with Crippen LogP contribution in [-0.2, 0) is 26.5 Å². The number of hydrogen-bond donors (Lipinski definition) is 6. The van der Waals surface area contributed by atoms with Gasteiger partial charge in [-0.3, -0.25) is 14.4 Å². The number of alkyl halides is 3. The predicted molar refractivity (Wildman–Crippen MR) is 191 cm³/mol. The molecule has 20 heteroatoms. The fraction of sp³-hybridized carbons (Fsp3) is 0.371. The van der Waals surface area contributed by atoms with Crippen LogP contribution < -0.4 is 31.3 Å². The van der Waals surface area contributed by atoms with Crippen LogP contribution >= 0.6 is 11.6 Å². The largest absolute Gasteiger partial charge is 0.480 e. The number of nitrogens with zero attached hydrogens (tertiary/aromatic N) is 5. The van der Waals surface area contributed by atoms with Gasteiger partial charge < -0.3 is 41.0 Å². The van der Waals surface area contributed by atoms with Gasteiger partial charge in [0, 0.05) is 53.7 Å². The van der Waals surface area contributed by atoms with Gasteiger partial charge in [0.15, 0.2) is 6.61 Å². The molecule has 2 aliphatic rings. The molecule has 2 aromatic carbocycles. The van der Waals surface area contributed by atoms with Crippen LogP contribution in [0.2, 0.25) is 5.02 Å². The highest BCUT2D eigenvalue weighted by Crippen LogP contribution is 2.48. The van der Waals surface area contributed by atoms with E-state index in [1.165, 1.54) is 24.3 Å². The molecule has 6 N–H and O–H groups in total. The zero-order valence-electron chi connectivity index (χ0n) is 29.0. The van der Waals surface area contributed by atoms with Gasteiger partial charge in [-0.1, -0.05) is 23.7 Å². The van der Waals surface area contributed by atoms with Gasteiger partial charge in [-0.25, -0.2) is 9.78 Å². The number of carboxylic acid groups (broad SMARTS) is 1. The lowest BCUT2D eigenvalue weighted by atomic mass is 10.1. The minimum Gasteiger partial charge on any atom is -0.480 e. The second-order valence-electron chi connectivity index (χ2n) is 13.4. The van der Waals surface area contributed by atoms with Crippen LogP contribution in [0.15, 0.2) is 67.3 Å². The molecule has 2 aliphatic carbocycles. The molecule has 0 bridgehead atoms. The Bertz CT molecular complexity index is 2010. The molecule has 2 aromatic heterocycles. The minimum absolute atomic E-state index is 0.0390. The number of carboxylic acids is 1. The van der Waals surface area contributed by atoms with Gasteiger partial charge in [0.1, 0.15) is 6.04 Å². The van der Waals surface area contributed by atoms with E-state index in [2.05, 4.69) is 46.5 Å². The van der Waals surface area contributed by atoms with Crippen LogP contribution in [-0.4, -0.2) is 85.2 Å². The van der Waals surface area contributed by atoms with E-state index in [-0.39, 0.29) is 35.8 Å². The van der Waals surface area contributed by atoms with Crippen molar-refractivity contribution in [1.82, 2.24) is 40.5 Å². The van der Waals surface area contributed by atoms with Crippen molar-refractivity contribution in [3.63, 3.8) is 0 Å². The van der Waals surface area contributed by atoms with E-state index in [0.717, 1.165) is 18.4 Å². The number of carbonyl (C=O) groups excluding carboxylic acids is 3. The molecule has 3 amide bonds. The monoisotopic (exact) mass is 784 g/mol. The summed E-state index contributed by atoms with van der Waals surface area (Å²) in [5, 5.41) is 23.7. The third-order valence-corrected chi connectivity index (χ3v) is 9.32. The number of hydrogen-bond acceptors (Lipinski definition) is 11. The Hall–Kier alpha value is -5.98. The summed E-state index contributed by atoms with van der Waals surface area (Å²) in [6.45, 7) is -0.874. The lowest BCUT2D eigenvalue weighted by Crippen LogP contribution is -2.46. The maximum absolute atomic E-state index is 12.9. The Labute approximate surface area is 316 Å². The second-order valence-corrected chi connectivity index (χ2v) is 13.8. The summed E-state index contributed by atoms with van der Waals surface area (Å²) in [6.07, 6.45) is 3.50. The summed E-state index contributed by atoms with van der Waals surface area (Å²) < 4.78 is 45.5. The topological polar surface area (TPSA) is 214 Å². The molecular formula is C35H36ClF3N10O6. The summed E-state index contributed by atoms with van der Waals surface area (Å²) in [5.74, 6) is -4.05. The van der Waals surface area contributed by atoms with Crippen molar-refractivity contribution in [2.24, 2.45) is 5.41 Å². The third-order valence-electron chi connectivity index (χ3n) is 9.07. The number of carbonyl (C=O) groups is 4. The number of imidazole rings is 1. The Morgan fingerprint density at radius 2 is 1.62 bits per heavy atom. The van der Waals surface area contributed by atoms with E-state index in [1.807, 2.05) is 22.9 Å². The van der Waals surface area contributed by atoms with Gasteiger partial charge in [0.2, 0.25) is 11.9 Å². The van der Waals surface area contributed by atoms with Crippen LogP contribution in [0.3, 0.4) is 0 Å². The van der Waals surface area contributed by atoms with Crippen LogP contribution in [0.1, 0.15) is 48.0 Å². The number of amides is 3. The fourth-order valence-corrected chi connectivity index (χ4v) is 5.83. The van der Waals surface area contributed by atoms with Crippen molar-refractivity contribution in [2.75, 3.05) is 30.3 Å². The maximum Gasteiger partial charge on any atom is 0.422 e. The van der Waals surface area contributed by atoms with Crippen molar-refractivity contribution in [3.05, 3.63) is 83.4 Å². The standard InChI is InChI=1S/C35H36ClF3N10O6/c36-23-5-3-22(4-6-23)34(12-13-34)48-31-45-30(46-32(47-31)55-19-35(37,38)39)43-24-7-1-21(2-8-24)26(50)44-25(29(53)54)9-14-41-27(51)28(52)42-17-33(10-11-33)18-49-16-15-40-20-49/h1-8,15-16,20,25H,9-14,17-19H2,(H,41,51)(H,42,52)(H,44,50)(H,53,54)(H2,43,45,46,47,48)/t25-/m0/s1. The summed E-state index contributed by atoms with van der Waals surface area (Å²) in [4.78, 5) is 65.8. The van der Waals surface area contributed by atoms with Crippen molar-refractivity contribution in [3.8, 4) is 6.01 Å². The number of aliphatic carboxylic acids is 1. The number of ether oxygens (including phenoxy) is 1. The van der Waals surface area contributed by atoms with E-state index < -0.39 is 54.1 Å². The Balaban J connectivity index is 1.02. The number of halogens is 4. The van der Waals surface area contributed by atoms with Crippen LogP contribution in [0, 0.1) is 5.41 Å². The first-order valence-corrected chi connectivity index (χ1v) is 17.5. The molecule has 55 heavy (non-hydrogen) atoms. The van der Waals surface area contributed by atoms with Gasteiger partial charge in [-0.05, 0) is 74.1 Å². The van der Waals surface area contributed by atoms with Crippen LogP contribution in [0.25, 0.3) is 0 Å². The van der Waals surface area contributed by atoms with Gasteiger partial charge in [0.05, 0.1) is 11.9 Å². The molecule has 0 saturated heterocycles. The van der Waals surface area contributed by atoms with Crippen molar-refractivity contribution >= 4 is 52.9 Å². The number of aromatic nitrogens is 5. The summed E-state index contributed by atoms with van der Waals surface area (Å²) in [7, 11) is 0. The molecule has 6 rings (SSSR count). The minimum atomic E-state index is -4.64. The molecule has 2 fully saturated rings. The van der Waals surface area contributed by atoms with Gasteiger partial charge in [-0.15, -0.1) is 0 Å². The molecular weight excluding hydrogens is 749 g/mol. The Morgan fingerprint density at radius 3 is 2.24 bits per heavy atom. The second kappa shape index (κ2) is 16.2. The van der Waals surface area contributed by atoms with Crippen molar-refractivity contribution < 1.29 is 42.2 Å². The molecule has 2 saturated carbocycles. The average molecular weight is 785 g/mol. The zero-order chi connectivity index (χ0) is 39.2. The lowest BCUT2D eigenvalue weighted by Gasteiger charge is -2.19. The molecule has 16 nitrogen and oxygen atoms in total. The predicted octanol–water partition coefficient (Wildman–Crippen LogP) is 3.79. The summed E-state index contributed by atoms with van der Waals surface area (Å²) >= 11 is 6.02. The molecule has 0 radical (unpaired) electrons. The van der Waals surface area contributed by atoms with E-state index >= 15 is 0 Å². The Morgan fingerprint density at radius 1 is 0.927 bits per heavy atom. The quantitative estimate of drug-likeness (QED) is 0.0844. The van der Waals surface area contributed by atoms with E-state index in [1.54, 1.807) is 24.7 Å². The first-order chi connectivity index (χ1) is 26.2. The highest BCUT2D eigenvalue weighted by molar-refractivity contribution is 6.35. The normalized spacial score (nSPS) is 15.6. The first kappa shape index (κ1) is 38.7. The lowest BCUT2D eigenvalue weighted by molar-refractivity contribution is -0.154. The average Bonchev–Trinajstić information content (AvgIpc) is 4.05. The fourth-order valence-electron chi connectivity index (χ4n) is 5.70. The van der Waals surface area contributed by atoms with Gasteiger partial charge in [0.25, 0.3) is 5.91 Å². The molecule has 0 spiro atoms. The van der Waals surface area contributed by atoms with Crippen molar-refractivity contribution in [1.29, 1.82) is 0 Å². The molecule has 0 aliphatic heterocycles. The van der Waals surface area contributed by atoms with E-state index in [0.29, 0.717) is 36.6 Å². The smallest absolute Gasteiger partial charge is 0.422 e. The zero-order valence-corrected chi connectivity index (χ0v) is 29.8. The molecule has 4 aromatic rings. The highest BCUT2D eigenvalue weighted by atomic mass is 35.5. The van der Waals surface area contributed by atoms with Crippen LogP contribution in [0.5, 0.6) is 6.01 Å². The first-order valence-electron chi connectivity index (χ1n) is 17.1. The molecule has 1 atom stereocenters. The SMILES string of the molecule is O=C(NCC[C@H](NC(=O)c1ccc(Nc2nc(NC3(c4ccc(Cl)cc4)CC3)nc(OCC(F)(F)F)n2)cc1)C(=O)O)C(=O)NCC1(Cn2ccnc2)CC1. The summed E-state index contributed by atoms with van der Waals surface area (Å²) in [5.41, 5.74) is 0.592. The Kier molecular flexibility index (Phi) is 11.4. The van der Waals surface area contributed by atoms with Gasteiger partial charge >= 0.3 is 30.0 Å². The highest BCUT2D eigenvalue weighted by Gasteiger charge is 2.45. The van der Waals surface area contributed by atoms with E-state index in [4.69, 9.17) is 16.3 Å². The molecule has 2 heterocycles. The van der Waals surface area contributed by atoms with Gasteiger partial charge in [-0.2, -0.15) is 28.1 Å².